The van der Waals surface area contributed by atoms with Crippen LogP contribution in [0.5, 0.6) is 0 Å². The van der Waals surface area contributed by atoms with E-state index in [2.05, 4.69) is 11.2 Å². The van der Waals surface area contributed by atoms with Crippen LogP contribution in [0.1, 0.15) is 48.7 Å². The van der Waals surface area contributed by atoms with E-state index in [0.717, 1.165) is 11.3 Å². The molecule has 0 saturated heterocycles. The van der Waals surface area contributed by atoms with Gasteiger partial charge < -0.3 is 4.74 Å². The van der Waals surface area contributed by atoms with Gasteiger partial charge in [0.15, 0.2) is 5.69 Å². The summed E-state index contributed by atoms with van der Waals surface area (Å²) in [6.45, 7) is 1.19. The summed E-state index contributed by atoms with van der Waals surface area (Å²) in [5, 5.41) is 13.4. The normalized spacial score (nSPS) is 20.5. The molecule has 0 aromatic carbocycles. The zero-order valence-corrected chi connectivity index (χ0v) is 8.57. The third-order valence-corrected chi connectivity index (χ3v) is 3.38. The monoisotopic (exact) mass is 203 g/mol. The van der Waals surface area contributed by atoms with E-state index in [1.807, 2.05) is 4.68 Å². The van der Waals surface area contributed by atoms with Crippen LogP contribution in [0.2, 0.25) is 0 Å². The van der Waals surface area contributed by atoms with Crippen LogP contribution in [0.15, 0.2) is 0 Å². The van der Waals surface area contributed by atoms with E-state index in [0.29, 0.717) is 24.9 Å². The second kappa shape index (κ2) is 3.35. The molecule has 1 aromatic heterocycles. The molecule has 1 fully saturated rings. The predicted octanol–water partition coefficient (Wildman–Crippen LogP) is 1.90. The molecular weight excluding hydrogens is 190 g/mol. The van der Waals surface area contributed by atoms with Crippen LogP contribution in [-0.2, 0) is 18.0 Å². The summed E-state index contributed by atoms with van der Waals surface area (Å²) < 4.78 is 7.44. The average Bonchev–Trinajstić information content (AvgIpc) is 2.94. The molecule has 4 nitrogen and oxygen atoms in total. The van der Waals surface area contributed by atoms with E-state index in [1.165, 1.54) is 25.7 Å². The highest BCUT2D eigenvalue weighted by molar-refractivity contribution is 5.36. The molecule has 4 heteroatoms. The van der Waals surface area contributed by atoms with Crippen molar-refractivity contribution in [2.45, 2.75) is 44.9 Å². The molecular formula is C11H13N3O. The SMILES string of the molecule is N#Cc1nn(C2CCCC2)c2c1COC2. The Hall–Kier alpha value is -1.34. The minimum absolute atomic E-state index is 0.502. The average molecular weight is 203 g/mol. The van der Waals surface area contributed by atoms with Crippen molar-refractivity contribution in [3.63, 3.8) is 0 Å². The molecule has 1 aliphatic heterocycles. The van der Waals surface area contributed by atoms with Gasteiger partial charge in [0, 0.05) is 5.56 Å². The highest BCUT2D eigenvalue weighted by Crippen LogP contribution is 2.33. The lowest BCUT2D eigenvalue weighted by Crippen LogP contribution is -2.10. The van der Waals surface area contributed by atoms with Crippen LogP contribution in [0.3, 0.4) is 0 Å². The van der Waals surface area contributed by atoms with Gasteiger partial charge in [0.2, 0.25) is 0 Å². The van der Waals surface area contributed by atoms with E-state index in [9.17, 15) is 0 Å². The molecule has 2 heterocycles. The molecule has 0 atom stereocenters. The van der Waals surface area contributed by atoms with Gasteiger partial charge in [0.25, 0.3) is 0 Å². The lowest BCUT2D eigenvalue weighted by Gasteiger charge is -2.12. The Kier molecular flexibility index (Phi) is 2.00. The Morgan fingerprint density at radius 2 is 2.13 bits per heavy atom. The minimum Gasteiger partial charge on any atom is -0.370 e. The topological polar surface area (TPSA) is 50.8 Å². The number of fused-ring (bicyclic) bond motifs is 1. The summed E-state index contributed by atoms with van der Waals surface area (Å²) >= 11 is 0. The third kappa shape index (κ3) is 1.27. The van der Waals surface area contributed by atoms with Gasteiger partial charge in [-0.3, -0.25) is 4.68 Å². The Labute approximate surface area is 88.5 Å². The fraction of sp³-hybridized carbons (Fsp3) is 0.636. The van der Waals surface area contributed by atoms with Gasteiger partial charge in [-0.05, 0) is 12.8 Å². The van der Waals surface area contributed by atoms with E-state index in [4.69, 9.17) is 10.00 Å². The number of ether oxygens (including phenoxy) is 1. The van der Waals surface area contributed by atoms with Crippen molar-refractivity contribution in [1.29, 1.82) is 5.26 Å². The number of aromatic nitrogens is 2. The van der Waals surface area contributed by atoms with Crippen molar-refractivity contribution in [2.24, 2.45) is 0 Å². The standard InChI is InChI=1S/C11H13N3O/c12-5-10-9-6-15-7-11(9)14(13-10)8-3-1-2-4-8/h8H,1-4,6-7H2. The molecule has 1 saturated carbocycles. The molecule has 3 rings (SSSR count). The molecule has 0 radical (unpaired) electrons. The minimum atomic E-state index is 0.502. The largest absolute Gasteiger partial charge is 0.370 e. The first-order valence-corrected chi connectivity index (χ1v) is 5.48. The fourth-order valence-corrected chi connectivity index (χ4v) is 2.60. The first-order chi connectivity index (χ1) is 7.40. The van der Waals surface area contributed by atoms with Crippen molar-refractivity contribution in [1.82, 2.24) is 9.78 Å². The molecule has 0 N–H and O–H groups in total. The number of nitriles is 1. The van der Waals surface area contributed by atoms with Crippen molar-refractivity contribution < 1.29 is 4.74 Å². The summed E-state index contributed by atoms with van der Waals surface area (Å²) in [7, 11) is 0. The maximum atomic E-state index is 8.98. The Balaban J connectivity index is 2.04. The van der Waals surface area contributed by atoms with Gasteiger partial charge in [-0.1, -0.05) is 12.8 Å². The number of hydrogen-bond acceptors (Lipinski definition) is 3. The lowest BCUT2D eigenvalue weighted by molar-refractivity contribution is 0.128. The first kappa shape index (κ1) is 8.93. The predicted molar refractivity (Wildman–Crippen MR) is 52.9 cm³/mol. The van der Waals surface area contributed by atoms with Gasteiger partial charge in [-0.2, -0.15) is 10.4 Å². The summed E-state index contributed by atoms with van der Waals surface area (Å²) in [5.41, 5.74) is 2.72. The maximum absolute atomic E-state index is 8.98. The van der Waals surface area contributed by atoms with Gasteiger partial charge in [-0.15, -0.1) is 0 Å². The van der Waals surface area contributed by atoms with Gasteiger partial charge in [0.1, 0.15) is 6.07 Å². The van der Waals surface area contributed by atoms with Crippen LogP contribution in [0.25, 0.3) is 0 Å². The van der Waals surface area contributed by atoms with Crippen LogP contribution >= 0.6 is 0 Å². The van der Waals surface area contributed by atoms with Crippen molar-refractivity contribution >= 4 is 0 Å². The Morgan fingerprint density at radius 1 is 1.33 bits per heavy atom. The van der Waals surface area contributed by atoms with Crippen molar-refractivity contribution in [2.75, 3.05) is 0 Å². The maximum Gasteiger partial charge on any atom is 0.168 e. The van der Waals surface area contributed by atoms with Crippen LogP contribution in [0.4, 0.5) is 0 Å². The lowest BCUT2D eigenvalue weighted by atomic mass is 10.2. The summed E-state index contributed by atoms with van der Waals surface area (Å²) in [4.78, 5) is 0. The van der Waals surface area contributed by atoms with E-state index in [1.54, 1.807) is 0 Å². The molecule has 0 amide bonds. The number of hydrogen-bond donors (Lipinski definition) is 0. The molecule has 0 unspecified atom stereocenters. The number of rotatable bonds is 1. The molecule has 15 heavy (non-hydrogen) atoms. The van der Waals surface area contributed by atoms with Gasteiger partial charge in [-0.25, -0.2) is 0 Å². The molecule has 2 aliphatic rings. The summed E-state index contributed by atoms with van der Waals surface area (Å²) in [6, 6.07) is 2.66. The van der Waals surface area contributed by atoms with Gasteiger partial charge >= 0.3 is 0 Å². The zero-order valence-electron chi connectivity index (χ0n) is 8.57. The number of nitrogens with zero attached hydrogens (tertiary/aromatic N) is 3. The summed E-state index contributed by atoms with van der Waals surface area (Å²) in [5.74, 6) is 0. The molecule has 0 bridgehead atoms. The quantitative estimate of drug-likeness (QED) is 0.700. The second-order valence-corrected chi connectivity index (χ2v) is 4.26. The third-order valence-electron chi connectivity index (χ3n) is 3.38. The van der Waals surface area contributed by atoms with E-state index >= 15 is 0 Å². The highest BCUT2D eigenvalue weighted by Gasteiger charge is 2.28. The smallest absolute Gasteiger partial charge is 0.168 e. The van der Waals surface area contributed by atoms with Crippen LogP contribution in [0, 0.1) is 11.3 Å². The van der Waals surface area contributed by atoms with Gasteiger partial charge in [0.05, 0.1) is 24.9 Å². The summed E-state index contributed by atoms with van der Waals surface area (Å²) in [6.07, 6.45) is 4.95. The second-order valence-electron chi connectivity index (χ2n) is 4.26. The Morgan fingerprint density at radius 3 is 2.87 bits per heavy atom. The van der Waals surface area contributed by atoms with E-state index < -0.39 is 0 Å². The fourth-order valence-electron chi connectivity index (χ4n) is 2.60. The van der Waals surface area contributed by atoms with Crippen molar-refractivity contribution in [3.8, 4) is 6.07 Å². The highest BCUT2D eigenvalue weighted by atomic mass is 16.5. The zero-order chi connectivity index (χ0) is 10.3. The van der Waals surface area contributed by atoms with Crippen LogP contribution < -0.4 is 0 Å². The Bertz CT molecular complexity index is 424. The molecule has 1 aliphatic carbocycles. The molecule has 78 valence electrons. The molecule has 0 spiro atoms. The van der Waals surface area contributed by atoms with E-state index in [-0.39, 0.29) is 0 Å². The molecule has 1 aromatic rings. The van der Waals surface area contributed by atoms with Crippen molar-refractivity contribution in [3.05, 3.63) is 17.0 Å². The van der Waals surface area contributed by atoms with Crippen LogP contribution in [-0.4, -0.2) is 9.78 Å². The first-order valence-electron chi connectivity index (χ1n) is 5.48.